The van der Waals surface area contributed by atoms with Gasteiger partial charge in [0, 0.05) is 21.5 Å². The van der Waals surface area contributed by atoms with E-state index in [0.29, 0.717) is 0 Å². The van der Waals surface area contributed by atoms with E-state index < -0.39 is 0 Å². The topological polar surface area (TPSA) is 16.8 Å². The first kappa shape index (κ1) is 12.3. The van der Waals surface area contributed by atoms with Crippen molar-refractivity contribution in [1.82, 2.24) is 4.98 Å². The summed E-state index contributed by atoms with van der Waals surface area (Å²) in [5.41, 5.74) is 6.98. The van der Waals surface area contributed by atoms with E-state index in [1.807, 2.05) is 6.07 Å². The highest BCUT2D eigenvalue weighted by molar-refractivity contribution is 9.10. The SMILES string of the molecule is C[n+]1c2c(nc3ccccc31)-c1cccc3c(Br)ccc-2c13. The predicted octanol–water partition coefficient (Wildman–Crippen LogP) is 4.62. The fourth-order valence-electron chi connectivity index (χ4n) is 3.56. The summed E-state index contributed by atoms with van der Waals surface area (Å²) in [6.45, 7) is 0. The molecule has 104 valence electrons. The molecule has 0 N–H and O–H groups in total. The number of aryl methyl sites for hydroxylation is 1. The Morgan fingerprint density at radius 3 is 2.68 bits per heavy atom. The number of hydrogen-bond donors (Lipinski definition) is 0. The second kappa shape index (κ2) is 4.14. The van der Waals surface area contributed by atoms with Crippen molar-refractivity contribution >= 4 is 37.7 Å². The molecular weight excluding hydrogens is 336 g/mol. The van der Waals surface area contributed by atoms with Gasteiger partial charge in [0.25, 0.3) is 0 Å². The van der Waals surface area contributed by atoms with Crippen molar-refractivity contribution in [2.75, 3.05) is 0 Å². The molecule has 1 aliphatic rings. The Kier molecular flexibility index (Phi) is 2.32. The van der Waals surface area contributed by atoms with Gasteiger partial charge in [-0.05, 0) is 23.6 Å². The summed E-state index contributed by atoms with van der Waals surface area (Å²) in [5, 5.41) is 2.54. The lowest BCUT2D eigenvalue weighted by Crippen LogP contribution is -2.32. The van der Waals surface area contributed by atoms with Gasteiger partial charge >= 0.3 is 0 Å². The van der Waals surface area contributed by atoms with Crippen molar-refractivity contribution in [1.29, 1.82) is 0 Å². The second-order valence-corrected chi connectivity index (χ2v) is 6.53. The van der Waals surface area contributed by atoms with Crippen LogP contribution in [0, 0.1) is 0 Å². The van der Waals surface area contributed by atoms with Gasteiger partial charge in [0.2, 0.25) is 11.2 Å². The molecule has 0 aliphatic heterocycles. The molecule has 1 heterocycles. The molecule has 0 atom stereocenters. The minimum absolute atomic E-state index is 1.03. The standard InChI is InChI=1S/C19H12BrN2/c1-22-16-8-3-2-7-15(16)21-18-12-6-4-5-11-14(20)10-9-13(17(11)12)19(18)22/h2-10H,1H3/q+1. The Labute approximate surface area is 136 Å². The summed E-state index contributed by atoms with van der Waals surface area (Å²) in [6, 6.07) is 19.1. The zero-order valence-electron chi connectivity index (χ0n) is 12.0. The predicted molar refractivity (Wildman–Crippen MR) is 92.6 cm³/mol. The quantitative estimate of drug-likeness (QED) is 0.373. The van der Waals surface area contributed by atoms with Crippen molar-refractivity contribution in [2.45, 2.75) is 0 Å². The van der Waals surface area contributed by atoms with E-state index in [4.69, 9.17) is 4.98 Å². The molecule has 0 saturated heterocycles. The summed E-state index contributed by atoms with van der Waals surface area (Å²) < 4.78 is 3.40. The maximum Gasteiger partial charge on any atom is 0.240 e. The summed E-state index contributed by atoms with van der Waals surface area (Å²) in [5.74, 6) is 0. The first-order valence-corrected chi connectivity index (χ1v) is 8.06. The molecule has 0 radical (unpaired) electrons. The molecule has 0 amide bonds. The maximum atomic E-state index is 4.95. The molecular formula is C19H12BrN2+. The van der Waals surface area contributed by atoms with Gasteiger partial charge in [-0.1, -0.05) is 46.3 Å². The number of hydrogen-bond acceptors (Lipinski definition) is 1. The molecule has 0 bridgehead atoms. The lowest BCUT2D eigenvalue weighted by Gasteiger charge is -2.03. The minimum atomic E-state index is 1.03. The van der Waals surface area contributed by atoms with E-state index in [-0.39, 0.29) is 0 Å². The van der Waals surface area contributed by atoms with Crippen LogP contribution in [0.2, 0.25) is 0 Å². The van der Waals surface area contributed by atoms with E-state index in [0.717, 1.165) is 21.2 Å². The monoisotopic (exact) mass is 347 g/mol. The Balaban J connectivity index is 2.05. The van der Waals surface area contributed by atoms with Crippen LogP contribution >= 0.6 is 15.9 Å². The number of nitrogens with zero attached hydrogens (tertiary/aromatic N) is 2. The first-order valence-electron chi connectivity index (χ1n) is 7.26. The summed E-state index contributed by atoms with van der Waals surface area (Å²) in [7, 11) is 2.13. The molecule has 3 aromatic carbocycles. The number of para-hydroxylation sites is 2. The fraction of sp³-hybridized carbons (Fsp3) is 0.0526. The highest BCUT2D eigenvalue weighted by atomic mass is 79.9. The highest BCUT2D eigenvalue weighted by Gasteiger charge is 2.31. The fourth-order valence-corrected chi connectivity index (χ4v) is 4.02. The minimum Gasteiger partial charge on any atom is -0.234 e. The molecule has 4 aromatic rings. The summed E-state index contributed by atoms with van der Waals surface area (Å²) in [4.78, 5) is 4.95. The molecule has 5 rings (SSSR count). The average molecular weight is 348 g/mol. The molecule has 2 nitrogen and oxygen atoms in total. The molecule has 0 fully saturated rings. The van der Waals surface area contributed by atoms with Crippen LogP contribution in [0.25, 0.3) is 44.3 Å². The van der Waals surface area contributed by atoms with E-state index in [1.165, 1.54) is 27.6 Å². The van der Waals surface area contributed by atoms with Gasteiger partial charge in [0.1, 0.15) is 18.3 Å². The molecule has 1 aromatic heterocycles. The van der Waals surface area contributed by atoms with Crippen LogP contribution in [0.5, 0.6) is 0 Å². The van der Waals surface area contributed by atoms with Crippen molar-refractivity contribution in [3.8, 4) is 22.5 Å². The third kappa shape index (κ3) is 1.39. The Morgan fingerprint density at radius 1 is 0.909 bits per heavy atom. The number of rotatable bonds is 0. The number of benzene rings is 3. The lowest BCUT2D eigenvalue weighted by atomic mass is 10.0. The van der Waals surface area contributed by atoms with Crippen LogP contribution < -0.4 is 4.57 Å². The van der Waals surface area contributed by atoms with Crippen LogP contribution in [0.15, 0.2) is 59.1 Å². The van der Waals surface area contributed by atoms with Crippen molar-refractivity contribution < 1.29 is 4.57 Å². The van der Waals surface area contributed by atoms with Crippen molar-refractivity contribution in [3.05, 3.63) is 59.1 Å². The summed E-state index contributed by atoms with van der Waals surface area (Å²) >= 11 is 3.67. The van der Waals surface area contributed by atoms with Crippen LogP contribution in [0.3, 0.4) is 0 Å². The molecule has 1 aliphatic carbocycles. The third-order valence-corrected chi connectivity index (χ3v) is 5.22. The zero-order valence-corrected chi connectivity index (χ0v) is 13.6. The number of fused-ring (bicyclic) bond motifs is 4. The highest BCUT2D eigenvalue weighted by Crippen LogP contribution is 2.46. The second-order valence-electron chi connectivity index (χ2n) is 5.68. The van der Waals surface area contributed by atoms with Gasteiger partial charge in [0.05, 0.1) is 5.56 Å². The average Bonchev–Trinajstić information content (AvgIpc) is 2.87. The van der Waals surface area contributed by atoms with Crippen LogP contribution in [0.4, 0.5) is 0 Å². The van der Waals surface area contributed by atoms with E-state index in [9.17, 15) is 0 Å². The Bertz CT molecular complexity index is 1100. The third-order valence-electron chi connectivity index (χ3n) is 4.53. The van der Waals surface area contributed by atoms with E-state index in [1.54, 1.807) is 0 Å². The van der Waals surface area contributed by atoms with E-state index in [2.05, 4.69) is 76.1 Å². The van der Waals surface area contributed by atoms with Crippen LogP contribution in [-0.4, -0.2) is 4.98 Å². The Hall–Kier alpha value is -2.26. The first-order chi connectivity index (χ1) is 10.8. The molecule has 0 spiro atoms. The number of halogens is 1. The van der Waals surface area contributed by atoms with Gasteiger partial charge < -0.3 is 0 Å². The normalized spacial score (nSPS) is 12.1. The van der Waals surface area contributed by atoms with Gasteiger partial charge in [-0.2, -0.15) is 4.57 Å². The molecule has 0 unspecified atom stereocenters. The summed E-state index contributed by atoms with van der Waals surface area (Å²) in [6.07, 6.45) is 0. The largest absolute Gasteiger partial charge is 0.240 e. The van der Waals surface area contributed by atoms with Gasteiger partial charge in [-0.3, -0.25) is 0 Å². The van der Waals surface area contributed by atoms with Gasteiger partial charge in [-0.25, -0.2) is 4.98 Å². The number of aromatic nitrogens is 2. The van der Waals surface area contributed by atoms with Crippen molar-refractivity contribution in [2.24, 2.45) is 7.05 Å². The van der Waals surface area contributed by atoms with Gasteiger partial charge in [-0.15, -0.1) is 0 Å². The molecule has 0 saturated carbocycles. The van der Waals surface area contributed by atoms with Crippen LogP contribution in [-0.2, 0) is 7.05 Å². The zero-order chi connectivity index (χ0) is 14.8. The molecule has 3 heteroatoms. The smallest absolute Gasteiger partial charge is 0.234 e. The van der Waals surface area contributed by atoms with Gasteiger partial charge in [0.15, 0.2) is 0 Å². The van der Waals surface area contributed by atoms with Crippen LogP contribution in [0.1, 0.15) is 0 Å². The van der Waals surface area contributed by atoms with E-state index >= 15 is 0 Å². The van der Waals surface area contributed by atoms with Crippen molar-refractivity contribution in [3.63, 3.8) is 0 Å². The lowest BCUT2D eigenvalue weighted by molar-refractivity contribution is -0.633. The maximum absolute atomic E-state index is 4.95. The Morgan fingerprint density at radius 2 is 1.77 bits per heavy atom. The molecule has 22 heavy (non-hydrogen) atoms.